The number of hydrogen-bond donors (Lipinski definition) is 0. The van der Waals surface area contributed by atoms with E-state index in [0.717, 1.165) is 63.7 Å². The first-order valence-electron chi connectivity index (χ1n) is 8.64. The summed E-state index contributed by atoms with van der Waals surface area (Å²) in [5, 5.41) is 0. The van der Waals surface area contributed by atoms with Crippen molar-refractivity contribution in [3.63, 3.8) is 0 Å². The van der Waals surface area contributed by atoms with Crippen molar-refractivity contribution < 1.29 is 9.53 Å². The van der Waals surface area contributed by atoms with Crippen LogP contribution in [0.15, 0.2) is 12.3 Å². The molecule has 0 N–H and O–H groups in total. The van der Waals surface area contributed by atoms with Crippen LogP contribution in [-0.4, -0.2) is 59.7 Å². The van der Waals surface area contributed by atoms with Crippen molar-refractivity contribution in [1.29, 1.82) is 0 Å². The summed E-state index contributed by atoms with van der Waals surface area (Å²) >= 11 is 0. The van der Waals surface area contributed by atoms with Crippen molar-refractivity contribution in [2.45, 2.75) is 39.2 Å². The number of piperazine rings is 1. The van der Waals surface area contributed by atoms with Crippen LogP contribution in [0, 0.1) is 12.8 Å². The lowest BCUT2D eigenvalue weighted by molar-refractivity contribution is -0.145. The molecule has 3 rings (SSSR count). The highest BCUT2D eigenvalue weighted by atomic mass is 16.5. The smallest absolute Gasteiger partial charge is 0.228 e. The lowest BCUT2D eigenvalue weighted by Crippen LogP contribution is -2.52. The van der Waals surface area contributed by atoms with Crippen molar-refractivity contribution in [2.75, 3.05) is 37.7 Å². The number of ether oxygens (including phenoxy) is 1. The second kappa shape index (κ2) is 7.25. The maximum absolute atomic E-state index is 12.8. The van der Waals surface area contributed by atoms with E-state index in [0.29, 0.717) is 0 Å². The van der Waals surface area contributed by atoms with Crippen LogP contribution >= 0.6 is 0 Å². The minimum absolute atomic E-state index is 0.0431. The maximum atomic E-state index is 12.8. The van der Waals surface area contributed by atoms with Gasteiger partial charge in [-0.1, -0.05) is 6.92 Å². The Morgan fingerprint density at radius 1 is 1.35 bits per heavy atom. The van der Waals surface area contributed by atoms with Gasteiger partial charge in [-0.05, 0) is 32.3 Å². The predicted molar refractivity (Wildman–Crippen MR) is 88.3 cm³/mol. The number of amides is 1. The number of hydrogen-bond acceptors (Lipinski definition) is 5. The van der Waals surface area contributed by atoms with Crippen molar-refractivity contribution in [3.05, 3.63) is 18.1 Å². The standard InChI is InChI=1S/C17H26N4O2/c1-3-15-14(5-4-12-23-15)17(22)21-10-8-20(9-11-21)16-6-7-18-13(2)19-16/h6-7,14-15H,3-5,8-12H2,1-2H3/t14-,15-/m1/s1. The summed E-state index contributed by atoms with van der Waals surface area (Å²) in [6, 6.07) is 1.94. The highest BCUT2D eigenvalue weighted by Crippen LogP contribution is 2.26. The first-order valence-corrected chi connectivity index (χ1v) is 8.64. The first-order chi connectivity index (χ1) is 11.2. The van der Waals surface area contributed by atoms with Crippen LogP contribution < -0.4 is 4.90 Å². The molecule has 2 fully saturated rings. The molecule has 0 saturated carbocycles. The average Bonchev–Trinajstić information content (AvgIpc) is 2.61. The van der Waals surface area contributed by atoms with Gasteiger partial charge < -0.3 is 14.5 Å². The molecule has 6 heteroatoms. The van der Waals surface area contributed by atoms with E-state index in [-0.39, 0.29) is 17.9 Å². The van der Waals surface area contributed by atoms with Gasteiger partial charge in [-0.15, -0.1) is 0 Å². The van der Waals surface area contributed by atoms with Crippen molar-refractivity contribution in [1.82, 2.24) is 14.9 Å². The van der Waals surface area contributed by atoms with Crippen LogP contribution in [0.1, 0.15) is 32.0 Å². The second-order valence-electron chi connectivity index (χ2n) is 6.34. The Bertz CT molecular complexity index is 543. The summed E-state index contributed by atoms with van der Waals surface area (Å²) in [4.78, 5) is 25.7. The van der Waals surface area contributed by atoms with E-state index in [1.54, 1.807) is 6.20 Å². The highest BCUT2D eigenvalue weighted by Gasteiger charge is 2.34. The molecule has 0 unspecified atom stereocenters. The highest BCUT2D eigenvalue weighted by molar-refractivity contribution is 5.79. The normalized spacial score (nSPS) is 25.5. The molecule has 2 aliphatic heterocycles. The van der Waals surface area contributed by atoms with E-state index >= 15 is 0 Å². The molecule has 0 aliphatic carbocycles. The Morgan fingerprint density at radius 2 is 2.13 bits per heavy atom. The quantitative estimate of drug-likeness (QED) is 0.848. The number of carbonyl (C=O) groups excluding carboxylic acids is 1. The Labute approximate surface area is 137 Å². The summed E-state index contributed by atoms with van der Waals surface area (Å²) in [5.74, 6) is 2.06. The fraction of sp³-hybridized carbons (Fsp3) is 0.706. The summed E-state index contributed by atoms with van der Waals surface area (Å²) in [7, 11) is 0. The van der Waals surface area contributed by atoms with Crippen molar-refractivity contribution >= 4 is 11.7 Å². The van der Waals surface area contributed by atoms with Crippen molar-refractivity contribution in [2.24, 2.45) is 5.92 Å². The summed E-state index contributed by atoms with van der Waals surface area (Å²) in [6.07, 6.45) is 4.76. The van der Waals surface area contributed by atoms with Crippen LogP contribution in [0.4, 0.5) is 5.82 Å². The van der Waals surface area contributed by atoms with Gasteiger partial charge in [-0.2, -0.15) is 0 Å². The summed E-state index contributed by atoms with van der Waals surface area (Å²) in [6.45, 7) is 7.97. The Balaban J connectivity index is 1.59. The number of aryl methyl sites for hydroxylation is 1. The Kier molecular flexibility index (Phi) is 5.10. The molecule has 2 atom stereocenters. The molecule has 0 aromatic carbocycles. The van der Waals surface area contributed by atoms with Gasteiger partial charge in [0, 0.05) is 39.0 Å². The third kappa shape index (κ3) is 3.63. The van der Waals surface area contributed by atoms with Gasteiger partial charge in [-0.25, -0.2) is 9.97 Å². The fourth-order valence-corrected chi connectivity index (χ4v) is 3.54. The minimum Gasteiger partial charge on any atom is -0.377 e. The predicted octanol–water partition coefficient (Wildman–Crippen LogP) is 1.64. The van der Waals surface area contributed by atoms with Gasteiger partial charge in [-0.3, -0.25) is 4.79 Å². The lowest BCUT2D eigenvalue weighted by atomic mass is 9.91. The van der Waals surface area contributed by atoms with Gasteiger partial charge in [0.15, 0.2) is 0 Å². The molecule has 126 valence electrons. The Morgan fingerprint density at radius 3 is 2.83 bits per heavy atom. The zero-order chi connectivity index (χ0) is 16.2. The van der Waals surface area contributed by atoms with E-state index in [4.69, 9.17) is 4.74 Å². The number of anilines is 1. The molecule has 0 bridgehead atoms. The number of rotatable bonds is 3. The van der Waals surface area contributed by atoms with E-state index in [1.165, 1.54) is 0 Å². The largest absolute Gasteiger partial charge is 0.377 e. The van der Waals surface area contributed by atoms with Crippen LogP contribution in [0.2, 0.25) is 0 Å². The maximum Gasteiger partial charge on any atom is 0.228 e. The van der Waals surface area contributed by atoms with Gasteiger partial charge in [0.25, 0.3) is 0 Å². The van der Waals surface area contributed by atoms with Crippen LogP contribution in [-0.2, 0) is 9.53 Å². The number of aromatic nitrogens is 2. The molecule has 23 heavy (non-hydrogen) atoms. The molecule has 2 aliphatic rings. The molecule has 1 aromatic heterocycles. The SMILES string of the molecule is CC[C@H]1OCCC[C@H]1C(=O)N1CCN(c2ccnc(C)n2)CC1. The summed E-state index contributed by atoms with van der Waals surface area (Å²) in [5.41, 5.74) is 0. The zero-order valence-corrected chi connectivity index (χ0v) is 14.1. The third-order valence-electron chi connectivity index (χ3n) is 4.84. The molecular formula is C17H26N4O2. The average molecular weight is 318 g/mol. The van der Waals surface area contributed by atoms with Gasteiger partial charge in [0.05, 0.1) is 12.0 Å². The number of nitrogens with zero attached hydrogens (tertiary/aromatic N) is 4. The molecule has 1 amide bonds. The lowest BCUT2D eigenvalue weighted by Gasteiger charge is -2.39. The summed E-state index contributed by atoms with van der Waals surface area (Å²) < 4.78 is 5.78. The van der Waals surface area contributed by atoms with E-state index in [9.17, 15) is 4.79 Å². The monoisotopic (exact) mass is 318 g/mol. The molecule has 1 aromatic rings. The van der Waals surface area contributed by atoms with Crippen molar-refractivity contribution in [3.8, 4) is 0 Å². The van der Waals surface area contributed by atoms with Gasteiger partial charge in [0.2, 0.25) is 5.91 Å². The zero-order valence-electron chi connectivity index (χ0n) is 14.1. The molecule has 0 radical (unpaired) electrons. The van der Waals surface area contributed by atoms with E-state index in [1.807, 2.05) is 17.9 Å². The molecule has 2 saturated heterocycles. The van der Waals surface area contributed by atoms with E-state index < -0.39 is 0 Å². The topological polar surface area (TPSA) is 58.6 Å². The van der Waals surface area contributed by atoms with Crippen LogP contribution in [0.5, 0.6) is 0 Å². The second-order valence-corrected chi connectivity index (χ2v) is 6.34. The molecule has 6 nitrogen and oxygen atoms in total. The van der Waals surface area contributed by atoms with Gasteiger partial charge >= 0.3 is 0 Å². The minimum atomic E-state index is 0.0431. The molecule has 3 heterocycles. The van der Waals surface area contributed by atoms with E-state index in [2.05, 4.69) is 21.8 Å². The molecular weight excluding hydrogens is 292 g/mol. The third-order valence-corrected chi connectivity index (χ3v) is 4.84. The van der Waals surface area contributed by atoms with Crippen LogP contribution in [0.3, 0.4) is 0 Å². The number of carbonyl (C=O) groups is 1. The Hall–Kier alpha value is -1.69. The van der Waals surface area contributed by atoms with Crippen LogP contribution in [0.25, 0.3) is 0 Å². The molecule has 0 spiro atoms. The van der Waals surface area contributed by atoms with Gasteiger partial charge in [0.1, 0.15) is 11.6 Å². The first kappa shape index (κ1) is 16.2. The fourth-order valence-electron chi connectivity index (χ4n) is 3.54.